The first-order valence-electron chi connectivity index (χ1n) is 6.47. The second kappa shape index (κ2) is 4.90. The van der Waals surface area contributed by atoms with Crippen LogP contribution >= 0.6 is 23.2 Å². The topological polar surface area (TPSA) is 37.4 Å². The van der Waals surface area contributed by atoms with Crippen LogP contribution in [0, 0.1) is 11.8 Å². The van der Waals surface area contributed by atoms with Crippen molar-refractivity contribution < 1.29 is 9.59 Å². The molecule has 0 unspecified atom stereocenters. The van der Waals surface area contributed by atoms with Gasteiger partial charge in [-0.25, -0.2) is 4.90 Å². The summed E-state index contributed by atoms with van der Waals surface area (Å²) < 4.78 is 0. The Morgan fingerprint density at radius 3 is 2.50 bits per heavy atom. The first-order valence-corrected chi connectivity index (χ1v) is 7.23. The van der Waals surface area contributed by atoms with Gasteiger partial charge in [-0.15, -0.1) is 0 Å². The van der Waals surface area contributed by atoms with Crippen molar-refractivity contribution in [3.8, 4) is 0 Å². The minimum atomic E-state index is -0.236. The maximum Gasteiger partial charge on any atom is 0.238 e. The van der Waals surface area contributed by atoms with E-state index >= 15 is 0 Å². The minimum Gasteiger partial charge on any atom is -0.274 e. The molecule has 1 heterocycles. The van der Waals surface area contributed by atoms with Crippen molar-refractivity contribution in [2.24, 2.45) is 11.8 Å². The standard InChI is InChI=1S/C15H13Cl2NO2/c1-8-2-4-10-11(6-8)15(20)18(14(10)19)9-3-5-12(16)13(17)7-9/h2-3,5,7,10-11H,4,6H2,1H3/t10-,11-/m0/s1. The number of imide groups is 1. The molecule has 1 saturated heterocycles. The number of hydrogen-bond donors (Lipinski definition) is 0. The zero-order chi connectivity index (χ0) is 14.4. The summed E-state index contributed by atoms with van der Waals surface area (Å²) in [6.07, 6.45) is 3.34. The predicted octanol–water partition coefficient (Wildman–Crippen LogP) is 3.84. The third-order valence-corrected chi connectivity index (χ3v) is 4.72. The Labute approximate surface area is 127 Å². The molecule has 2 amide bonds. The van der Waals surface area contributed by atoms with Crippen LogP contribution in [0.25, 0.3) is 0 Å². The van der Waals surface area contributed by atoms with Crippen molar-refractivity contribution in [1.29, 1.82) is 0 Å². The first-order chi connectivity index (χ1) is 9.49. The summed E-state index contributed by atoms with van der Waals surface area (Å²) in [5, 5.41) is 0.749. The van der Waals surface area contributed by atoms with Gasteiger partial charge in [-0.2, -0.15) is 0 Å². The van der Waals surface area contributed by atoms with Gasteiger partial charge in [0.1, 0.15) is 0 Å². The average molecular weight is 310 g/mol. The van der Waals surface area contributed by atoms with Gasteiger partial charge in [0.2, 0.25) is 11.8 Å². The molecular formula is C15H13Cl2NO2. The fourth-order valence-electron chi connectivity index (χ4n) is 2.92. The van der Waals surface area contributed by atoms with Crippen molar-refractivity contribution in [1.82, 2.24) is 0 Å². The molecule has 0 aromatic heterocycles. The smallest absolute Gasteiger partial charge is 0.238 e. The molecule has 0 spiro atoms. The van der Waals surface area contributed by atoms with Crippen molar-refractivity contribution >= 4 is 40.7 Å². The maximum absolute atomic E-state index is 12.5. The van der Waals surface area contributed by atoms with E-state index in [0.717, 1.165) is 0 Å². The van der Waals surface area contributed by atoms with Crippen molar-refractivity contribution in [2.45, 2.75) is 19.8 Å². The number of hydrogen-bond acceptors (Lipinski definition) is 2. The Hall–Kier alpha value is -1.32. The number of halogens is 2. The number of anilines is 1. The van der Waals surface area contributed by atoms with Crippen LogP contribution in [-0.2, 0) is 9.59 Å². The molecule has 3 rings (SSSR count). The van der Waals surface area contributed by atoms with Gasteiger partial charge < -0.3 is 0 Å². The Bertz CT molecular complexity index is 639. The van der Waals surface area contributed by atoms with Gasteiger partial charge in [0.05, 0.1) is 27.6 Å². The maximum atomic E-state index is 12.5. The Morgan fingerprint density at radius 2 is 1.80 bits per heavy atom. The van der Waals surface area contributed by atoms with Gasteiger partial charge in [-0.05, 0) is 38.0 Å². The highest BCUT2D eigenvalue weighted by molar-refractivity contribution is 6.42. The molecule has 0 radical (unpaired) electrons. The summed E-state index contributed by atoms with van der Waals surface area (Å²) >= 11 is 11.8. The molecule has 3 nitrogen and oxygen atoms in total. The minimum absolute atomic E-state index is 0.133. The second-order valence-electron chi connectivity index (χ2n) is 5.31. The lowest BCUT2D eigenvalue weighted by molar-refractivity contribution is -0.122. The normalized spacial score (nSPS) is 25.8. The highest BCUT2D eigenvalue weighted by atomic mass is 35.5. The number of nitrogens with zero attached hydrogens (tertiary/aromatic N) is 1. The Balaban J connectivity index is 1.97. The van der Waals surface area contributed by atoms with Crippen molar-refractivity contribution in [2.75, 3.05) is 4.90 Å². The molecule has 0 saturated carbocycles. The molecule has 1 aromatic carbocycles. The van der Waals surface area contributed by atoms with Gasteiger partial charge in [-0.1, -0.05) is 34.9 Å². The summed E-state index contributed by atoms with van der Waals surface area (Å²) in [4.78, 5) is 26.2. The van der Waals surface area contributed by atoms with E-state index in [4.69, 9.17) is 23.2 Å². The number of benzene rings is 1. The summed E-state index contributed by atoms with van der Waals surface area (Å²) in [7, 11) is 0. The lowest BCUT2D eigenvalue weighted by Gasteiger charge is -2.18. The van der Waals surface area contributed by atoms with Gasteiger partial charge in [-0.3, -0.25) is 9.59 Å². The number of fused-ring (bicyclic) bond motifs is 1. The van der Waals surface area contributed by atoms with Crippen LogP contribution in [0.2, 0.25) is 10.0 Å². The first kappa shape index (κ1) is 13.7. The molecule has 2 atom stereocenters. The number of carbonyl (C=O) groups excluding carboxylic acids is 2. The van der Waals surface area contributed by atoms with Crippen LogP contribution in [0.1, 0.15) is 19.8 Å². The highest BCUT2D eigenvalue weighted by Crippen LogP contribution is 2.40. The highest BCUT2D eigenvalue weighted by Gasteiger charge is 2.48. The van der Waals surface area contributed by atoms with E-state index < -0.39 is 0 Å². The van der Waals surface area contributed by atoms with Gasteiger partial charge >= 0.3 is 0 Å². The molecule has 1 aliphatic carbocycles. The number of rotatable bonds is 1. The lowest BCUT2D eigenvalue weighted by Crippen LogP contribution is -2.30. The van der Waals surface area contributed by atoms with Gasteiger partial charge in [0.15, 0.2) is 0 Å². The average Bonchev–Trinajstić information content (AvgIpc) is 2.65. The number of amides is 2. The van der Waals surface area contributed by atoms with E-state index in [0.29, 0.717) is 28.6 Å². The third kappa shape index (κ3) is 2.05. The fraction of sp³-hybridized carbons (Fsp3) is 0.333. The van der Waals surface area contributed by atoms with Crippen LogP contribution in [0.15, 0.2) is 29.8 Å². The van der Waals surface area contributed by atoms with Crippen LogP contribution in [-0.4, -0.2) is 11.8 Å². The van der Waals surface area contributed by atoms with Crippen LogP contribution in [0.5, 0.6) is 0 Å². The van der Waals surface area contributed by atoms with Crippen molar-refractivity contribution in [3.63, 3.8) is 0 Å². The summed E-state index contributed by atoms with van der Waals surface area (Å²) in [5.41, 5.74) is 1.67. The van der Waals surface area contributed by atoms with E-state index in [9.17, 15) is 9.59 Å². The molecule has 104 valence electrons. The van der Waals surface area contributed by atoms with Gasteiger partial charge in [0.25, 0.3) is 0 Å². The van der Waals surface area contributed by atoms with E-state index in [2.05, 4.69) is 0 Å². The van der Waals surface area contributed by atoms with E-state index in [1.807, 2.05) is 13.0 Å². The monoisotopic (exact) mass is 309 g/mol. The SMILES string of the molecule is CC1=CC[C@@H]2C(=O)N(c3ccc(Cl)c(Cl)c3)C(=O)[C@H]2C1. The van der Waals surface area contributed by atoms with Crippen LogP contribution in [0.3, 0.4) is 0 Å². The Kier molecular flexibility index (Phi) is 3.35. The van der Waals surface area contributed by atoms with Crippen LogP contribution < -0.4 is 4.90 Å². The number of allylic oxidation sites excluding steroid dienone is 2. The molecule has 0 bridgehead atoms. The van der Waals surface area contributed by atoms with Crippen molar-refractivity contribution in [3.05, 3.63) is 39.9 Å². The molecule has 1 aromatic rings. The largest absolute Gasteiger partial charge is 0.274 e. The molecule has 20 heavy (non-hydrogen) atoms. The van der Waals surface area contributed by atoms with E-state index in [-0.39, 0.29) is 23.7 Å². The fourth-order valence-corrected chi connectivity index (χ4v) is 3.21. The molecule has 2 aliphatic rings. The lowest BCUT2D eigenvalue weighted by atomic mass is 9.82. The molecule has 1 aliphatic heterocycles. The zero-order valence-corrected chi connectivity index (χ0v) is 12.4. The third-order valence-electron chi connectivity index (χ3n) is 3.98. The molecule has 5 heteroatoms. The zero-order valence-electron chi connectivity index (χ0n) is 10.9. The van der Waals surface area contributed by atoms with Crippen LogP contribution in [0.4, 0.5) is 5.69 Å². The van der Waals surface area contributed by atoms with Gasteiger partial charge in [0, 0.05) is 0 Å². The quantitative estimate of drug-likeness (QED) is 0.584. The predicted molar refractivity (Wildman–Crippen MR) is 78.9 cm³/mol. The summed E-state index contributed by atoms with van der Waals surface area (Å²) in [6, 6.07) is 4.82. The Morgan fingerprint density at radius 1 is 1.10 bits per heavy atom. The molecular weight excluding hydrogens is 297 g/mol. The molecule has 0 N–H and O–H groups in total. The van der Waals surface area contributed by atoms with E-state index in [1.54, 1.807) is 18.2 Å². The second-order valence-corrected chi connectivity index (χ2v) is 6.13. The van der Waals surface area contributed by atoms with E-state index in [1.165, 1.54) is 10.5 Å². The molecule has 1 fully saturated rings. The summed E-state index contributed by atoms with van der Waals surface area (Å²) in [5.74, 6) is -0.740. The summed E-state index contributed by atoms with van der Waals surface area (Å²) in [6.45, 7) is 2.00. The number of carbonyl (C=O) groups is 2.